The van der Waals surface area contributed by atoms with Gasteiger partial charge in [-0.1, -0.05) is 19.1 Å². The minimum atomic E-state index is -0.377. The molecular formula is C24H29N7O2. The van der Waals surface area contributed by atoms with Crippen molar-refractivity contribution in [2.75, 3.05) is 18.4 Å². The van der Waals surface area contributed by atoms with Crippen LogP contribution in [0.1, 0.15) is 58.4 Å². The fourth-order valence-electron chi connectivity index (χ4n) is 4.03. The summed E-state index contributed by atoms with van der Waals surface area (Å²) < 4.78 is 1.90. The van der Waals surface area contributed by atoms with E-state index in [0.717, 1.165) is 24.2 Å². The number of hydrogen-bond acceptors (Lipinski definition) is 6. The van der Waals surface area contributed by atoms with Crippen molar-refractivity contribution in [3.63, 3.8) is 0 Å². The van der Waals surface area contributed by atoms with Crippen LogP contribution in [0.2, 0.25) is 0 Å². The van der Waals surface area contributed by atoms with Crippen LogP contribution >= 0.6 is 0 Å². The number of nitrogens with one attached hydrogen (secondary N) is 1. The predicted octanol–water partition coefficient (Wildman–Crippen LogP) is 2.37. The molecule has 1 saturated heterocycles. The second-order valence-corrected chi connectivity index (χ2v) is 9.10. The van der Waals surface area contributed by atoms with E-state index in [2.05, 4.69) is 27.4 Å². The number of hydrogen-bond donors (Lipinski definition) is 2. The topological polar surface area (TPSA) is 119 Å². The number of pyridine rings is 1. The lowest BCUT2D eigenvalue weighted by Gasteiger charge is -2.20. The Kier molecular flexibility index (Phi) is 6.24. The van der Waals surface area contributed by atoms with E-state index in [9.17, 15) is 9.59 Å². The summed E-state index contributed by atoms with van der Waals surface area (Å²) in [6.07, 6.45) is 4.66. The number of nitrogens with zero attached hydrogens (tertiary/aromatic N) is 5. The Morgan fingerprint density at radius 1 is 1.27 bits per heavy atom. The number of benzene rings is 1. The van der Waals surface area contributed by atoms with Gasteiger partial charge in [-0.2, -0.15) is 0 Å². The van der Waals surface area contributed by atoms with Gasteiger partial charge in [-0.25, -0.2) is 0 Å². The fraction of sp³-hybridized carbons (Fsp3) is 0.375. The Morgan fingerprint density at radius 2 is 2.09 bits per heavy atom. The molecule has 3 aromatic rings. The van der Waals surface area contributed by atoms with Crippen molar-refractivity contribution < 1.29 is 9.59 Å². The smallest absolute Gasteiger partial charge is 0.274 e. The van der Waals surface area contributed by atoms with Gasteiger partial charge in [-0.15, -0.1) is 10.2 Å². The number of anilines is 1. The van der Waals surface area contributed by atoms with Crippen molar-refractivity contribution in [3.8, 4) is 0 Å². The normalized spacial score (nSPS) is 18.8. The van der Waals surface area contributed by atoms with Crippen LogP contribution in [0, 0.1) is 0 Å². The Balaban J connectivity index is 1.44. The third-order valence-corrected chi connectivity index (χ3v) is 6.04. The summed E-state index contributed by atoms with van der Waals surface area (Å²) in [6, 6.07) is 10.9. The number of nitrogens with two attached hydrogens (primary N) is 1. The van der Waals surface area contributed by atoms with Crippen LogP contribution in [0.4, 0.5) is 5.69 Å². The van der Waals surface area contributed by atoms with Crippen LogP contribution in [-0.2, 0) is 13.5 Å². The Morgan fingerprint density at radius 3 is 2.79 bits per heavy atom. The largest absolute Gasteiger partial charge is 0.337 e. The highest BCUT2D eigenvalue weighted by Crippen LogP contribution is 2.23. The number of carbonyl (C=O) groups is 2. The molecule has 9 heteroatoms. The van der Waals surface area contributed by atoms with E-state index in [1.807, 2.05) is 42.8 Å². The molecule has 172 valence electrons. The highest BCUT2D eigenvalue weighted by molar-refractivity contribution is 6.04. The van der Waals surface area contributed by atoms with Crippen LogP contribution in [0.25, 0.3) is 0 Å². The van der Waals surface area contributed by atoms with Gasteiger partial charge in [-0.05, 0) is 49.1 Å². The molecule has 0 spiro atoms. The van der Waals surface area contributed by atoms with Gasteiger partial charge in [0.2, 0.25) is 0 Å². The van der Waals surface area contributed by atoms with Crippen molar-refractivity contribution in [1.82, 2.24) is 24.6 Å². The number of aryl methyl sites for hydroxylation is 1. The first kappa shape index (κ1) is 22.6. The summed E-state index contributed by atoms with van der Waals surface area (Å²) in [5.41, 5.74) is 8.13. The van der Waals surface area contributed by atoms with Gasteiger partial charge < -0.3 is 20.5 Å². The monoisotopic (exact) mass is 447 g/mol. The van der Waals surface area contributed by atoms with E-state index in [0.29, 0.717) is 24.3 Å². The summed E-state index contributed by atoms with van der Waals surface area (Å²) in [6.45, 7) is 5.15. The van der Waals surface area contributed by atoms with E-state index in [-0.39, 0.29) is 29.0 Å². The minimum absolute atomic E-state index is 0.139. The molecule has 1 fully saturated rings. The summed E-state index contributed by atoms with van der Waals surface area (Å²) in [5, 5.41) is 11.0. The maximum atomic E-state index is 12.9. The molecule has 1 aliphatic heterocycles. The van der Waals surface area contributed by atoms with Gasteiger partial charge in [0.1, 0.15) is 17.8 Å². The molecule has 2 atom stereocenters. The van der Waals surface area contributed by atoms with Crippen LogP contribution in [0.15, 0.2) is 48.9 Å². The molecule has 0 saturated carbocycles. The highest BCUT2D eigenvalue weighted by atomic mass is 16.2. The molecule has 4 rings (SSSR count). The Labute approximate surface area is 193 Å². The summed E-state index contributed by atoms with van der Waals surface area (Å²) in [7, 11) is 1.92. The second kappa shape index (κ2) is 9.11. The number of carbonyl (C=O) groups excluding carboxylic acids is 2. The maximum absolute atomic E-state index is 12.9. The van der Waals surface area contributed by atoms with Crippen LogP contribution in [0.3, 0.4) is 0 Å². The molecule has 1 aromatic carbocycles. The Bertz CT molecular complexity index is 1170. The van der Waals surface area contributed by atoms with Crippen LogP contribution < -0.4 is 11.1 Å². The SMILES string of the molecule is C[C@H](Cc1nncn1C)c1cccc(NC(=O)c2cc(C(=O)N3CC[C@@](C)(N)C3)ccn2)c1. The first-order valence-electron chi connectivity index (χ1n) is 11.0. The first-order valence-corrected chi connectivity index (χ1v) is 11.0. The second-order valence-electron chi connectivity index (χ2n) is 9.10. The summed E-state index contributed by atoms with van der Waals surface area (Å²) in [4.78, 5) is 31.6. The minimum Gasteiger partial charge on any atom is -0.337 e. The fourth-order valence-corrected chi connectivity index (χ4v) is 4.03. The molecule has 0 aliphatic carbocycles. The lowest BCUT2D eigenvalue weighted by molar-refractivity contribution is 0.0785. The van der Waals surface area contributed by atoms with Crippen molar-refractivity contribution in [2.24, 2.45) is 12.8 Å². The lowest BCUT2D eigenvalue weighted by atomic mass is 9.97. The Hall–Kier alpha value is -3.59. The molecule has 0 bridgehead atoms. The standard InChI is InChI=1S/C24H29N7O2/c1-16(11-21-29-27-15-30(21)3)17-5-4-6-19(12-17)28-22(32)20-13-18(7-9-26-20)23(33)31-10-8-24(2,25)14-31/h4-7,9,12-13,15-16H,8,10-11,14,25H2,1-3H3,(H,28,32)/t16-,24-/m1/s1. The van der Waals surface area contributed by atoms with Gasteiger partial charge in [-0.3, -0.25) is 14.6 Å². The van der Waals surface area contributed by atoms with E-state index >= 15 is 0 Å². The summed E-state index contributed by atoms with van der Waals surface area (Å²) >= 11 is 0. The van der Waals surface area contributed by atoms with Gasteiger partial charge in [0, 0.05) is 49.5 Å². The maximum Gasteiger partial charge on any atom is 0.274 e. The molecule has 33 heavy (non-hydrogen) atoms. The molecule has 1 aliphatic rings. The van der Waals surface area contributed by atoms with Gasteiger partial charge >= 0.3 is 0 Å². The van der Waals surface area contributed by atoms with E-state index in [1.165, 1.54) is 12.3 Å². The summed E-state index contributed by atoms with van der Waals surface area (Å²) in [5.74, 6) is 0.584. The van der Waals surface area contributed by atoms with E-state index in [1.54, 1.807) is 17.3 Å². The lowest BCUT2D eigenvalue weighted by Crippen LogP contribution is -2.40. The molecule has 3 N–H and O–H groups in total. The molecule has 2 amide bonds. The third-order valence-electron chi connectivity index (χ3n) is 6.04. The van der Waals surface area contributed by atoms with Gasteiger partial charge in [0.25, 0.3) is 11.8 Å². The van der Waals surface area contributed by atoms with E-state index < -0.39 is 0 Å². The third kappa shape index (κ3) is 5.25. The van der Waals surface area contributed by atoms with Crippen LogP contribution in [0.5, 0.6) is 0 Å². The number of likely N-dealkylation sites (tertiary alicyclic amines) is 1. The van der Waals surface area contributed by atoms with Crippen molar-refractivity contribution in [2.45, 2.75) is 38.1 Å². The number of rotatable bonds is 6. The predicted molar refractivity (Wildman–Crippen MR) is 125 cm³/mol. The van der Waals surface area contributed by atoms with Gasteiger partial charge in [0.15, 0.2) is 0 Å². The number of aromatic nitrogens is 4. The van der Waals surface area contributed by atoms with Crippen molar-refractivity contribution in [1.29, 1.82) is 0 Å². The zero-order chi connectivity index (χ0) is 23.6. The molecule has 0 radical (unpaired) electrons. The molecular weight excluding hydrogens is 418 g/mol. The average molecular weight is 448 g/mol. The zero-order valence-electron chi connectivity index (χ0n) is 19.2. The first-order chi connectivity index (χ1) is 15.7. The van der Waals surface area contributed by atoms with Crippen molar-refractivity contribution >= 4 is 17.5 Å². The van der Waals surface area contributed by atoms with Crippen LogP contribution in [-0.4, -0.2) is 55.1 Å². The van der Waals surface area contributed by atoms with Gasteiger partial charge in [0.05, 0.1) is 0 Å². The molecule has 2 aromatic heterocycles. The average Bonchev–Trinajstić information content (AvgIpc) is 3.37. The highest BCUT2D eigenvalue weighted by Gasteiger charge is 2.33. The van der Waals surface area contributed by atoms with E-state index in [4.69, 9.17) is 5.73 Å². The molecule has 0 unspecified atom stereocenters. The quantitative estimate of drug-likeness (QED) is 0.599. The number of amides is 2. The molecule has 9 nitrogen and oxygen atoms in total. The molecule has 3 heterocycles. The zero-order valence-corrected chi connectivity index (χ0v) is 19.2. The van der Waals surface area contributed by atoms with Crippen molar-refractivity contribution in [3.05, 3.63) is 71.6 Å².